The fourth-order valence-electron chi connectivity index (χ4n) is 2.27. The number of hydrogen-bond acceptors (Lipinski definition) is 1. The van der Waals surface area contributed by atoms with E-state index in [1.165, 1.54) is 75.3 Å². The topological polar surface area (TPSA) is 26.0 Å². The molecule has 1 aromatic carbocycles. The van der Waals surface area contributed by atoms with E-state index in [1.807, 2.05) is 0 Å². The minimum atomic E-state index is 0. The first-order valence-corrected chi connectivity index (χ1v) is 8.94. The quantitative estimate of drug-likeness (QED) is 0.452. The maximum absolute atomic E-state index is 5.42. The van der Waals surface area contributed by atoms with Crippen molar-refractivity contribution < 1.29 is 0 Å². The number of nitrogens with two attached hydrogens (primary N) is 1. The maximum atomic E-state index is 5.42. The molecule has 0 saturated heterocycles. The average Bonchev–Trinajstić information content (AvgIpc) is 2.49. The Morgan fingerprint density at radius 2 is 0.955 bits per heavy atom. The fourth-order valence-corrected chi connectivity index (χ4v) is 2.27. The van der Waals surface area contributed by atoms with Crippen LogP contribution in [0.25, 0.3) is 0 Å². The standard InChI is InChI=1S/C12H27N.C8H10.BrH/c1-2-3-4-5-6-7-8-9-10-11-12-13;1-7-3-5-8(2)6-4-7;/h2-13H2,1H3;3-6H,1-2H3;1H. The zero-order valence-electron chi connectivity index (χ0n) is 15.1. The van der Waals surface area contributed by atoms with Crippen molar-refractivity contribution in [3.8, 4) is 0 Å². The molecular weight excluding hydrogens is 334 g/mol. The molecule has 2 N–H and O–H groups in total. The van der Waals surface area contributed by atoms with Crippen LogP contribution in [0.1, 0.15) is 82.3 Å². The highest BCUT2D eigenvalue weighted by atomic mass is 79.9. The number of benzene rings is 1. The van der Waals surface area contributed by atoms with E-state index in [4.69, 9.17) is 5.73 Å². The Morgan fingerprint density at radius 3 is 1.27 bits per heavy atom. The average molecular weight is 372 g/mol. The van der Waals surface area contributed by atoms with Gasteiger partial charge in [0.2, 0.25) is 0 Å². The van der Waals surface area contributed by atoms with Gasteiger partial charge in [-0.15, -0.1) is 17.0 Å². The van der Waals surface area contributed by atoms with E-state index < -0.39 is 0 Å². The molecule has 2 heteroatoms. The molecule has 0 aliphatic rings. The number of hydrogen-bond donors (Lipinski definition) is 1. The van der Waals surface area contributed by atoms with Crippen LogP contribution in [0, 0.1) is 13.8 Å². The van der Waals surface area contributed by atoms with Crippen molar-refractivity contribution in [2.45, 2.75) is 85.0 Å². The molecule has 0 aliphatic carbocycles. The summed E-state index contributed by atoms with van der Waals surface area (Å²) in [6, 6.07) is 8.48. The molecule has 22 heavy (non-hydrogen) atoms. The summed E-state index contributed by atoms with van der Waals surface area (Å²) in [7, 11) is 0. The SMILES string of the molecule is Br.CCCCCCCCCCCCN.Cc1ccc(C)cc1. The molecule has 0 amide bonds. The summed E-state index contributed by atoms with van der Waals surface area (Å²) in [6.45, 7) is 7.34. The van der Waals surface area contributed by atoms with Crippen molar-refractivity contribution in [1.29, 1.82) is 0 Å². The Hall–Kier alpha value is -0.340. The van der Waals surface area contributed by atoms with E-state index in [1.54, 1.807) is 0 Å². The molecule has 0 aromatic heterocycles. The first-order chi connectivity index (χ1) is 10.2. The van der Waals surface area contributed by atoms with Crippen LogP contribution >= 0.6 is 17.0 Å². The number of halogens is 1. The molecule has 1 aromatic rings. The van der Waals surface area contributed by atoms with Crippen LogP contribution in [0.5, 0.6) is 0 Å². The van der Waals surface area contributed by atoms with E-state index in [9.17, 15) is 0 Å². The molecule has 0 unspecified atom stereocenters. The van der Waals surface area contributed by atoms with Crippen LogP contribution in [0.15, 0.2) is 24.3 Å². The predicted octanol–water partition coefficient (Wildman–Crippen LogP) is 6.75. The van der Waals surface area contributed by atoms with Gasteiger partial charge in [-0.3, -0.25) is 0 Å². The molecular formula is C20H38BrN. The molecule has 0 bridgehead atoms. The molecule has 0 saturated carbocycles. The molecule has 0 aliphatic heterocycles. The Labute approximate surface area is 149 Å². The predicted molar refractivity (Wildman–Crippen MR) is 107 cm³/mol. The van der Waals surface area contributed by atoms with Crippen LogP contribution < -0.4 is 5.73 Å². The highest BCUT2D eigenvalue weighted by molar-refractivity contribution is 8.93. The minimum absolute atomic E-state index is 0. The largest absolute Gasteiger partial charge is 0.330 e. The van der Waals surface area contributed by atoms with Crippen molar-refractivity contribution in [2.24, 2.45) is 5.73 Å². The highest BCUT2D eigenvalue weighted by Crippen LogP contribution is 2.09. The minimum Gasteiger partial charge on any atom is -0.330 e. The second-order valence-electron chi connectivity index (χ2n) is 6.13. The molecule has 1 rings (SSSR count). The van der Waals surface area contributed by atoms with Crippen molar-refractivity contribution in [2.75, 3.05) is 6.54 Å². The van der Waals surface area contributed by atoms with Crippen LogP contribution in [0.4, 0.5) is 0 Å². The van der Waals surface area contributed by atoms with Gasteiger partial charge in [0, 0.05) is 0 Å². The van der Waals surface area contributed by atoms with E-state index in [-0.39, 0.29) is 17.0 Å². The lowest BCUT2D eigenvalue weighted by atomic mass is 10.1. The Kier molecular flexibility index (Phi) is 20.3. The van der Waals surface area contributed by atoms with Crippen LogP contribution in [0.3, 0.4) is 0 Å². The lowest BCUT2D eigenvalue weighted by molar-refractivity contribution is 0.558. The van der Waals surface area contributed by atoms with Gasteiger partial charge >= 0.3 is 0 Å². The van der Waals surface area contributed by atoms with Gasteiger partial charge in [-0.1, -0.05) is 100 Å². The molecule has 130 valence electrons. The van der Waals surface area contributed by atoms with Gasteiger partial charge in [-0.25, -0.2) is 0 Å². The highest BCUT2D eigenvalue weighted by Gasteiger charge is 1.91. The van der Waals surface area contributed by atoms with Crippen LogP contribution in [-0.2, 0) is 0 Å². The van der Waals surface area contributed by atoms with E-state index in [0.29, 0.717) is 0 Å². The van der Waals surface area contributed by atoms with Gasteiger partial charge in [0.1, 0.15) is 0 Å². The van der Waals surface area contributed by atoms with Crippen LogP contribution in [0.2, 0.25) is 0 Å². The van der Waals surface area contributed by atoms with Gasteiger partial charge in [0.05, 0.1) is 0 Å². The summed E-state index contributed by atoms with van der Waals surface area (Å²) < 4.78 is 0. The van der Waals surface area contributed by atoms with Gasteiger partial charge in [0.25, 0.3) is 0 Å². The maximum Gasteiger partial charge on any atom is -0.00773 e. The van der Waals surface area contributed by atoms with Crippen molar-refractivity contribution in [3.05, 3.63) is 35.4 Å². The van der Waals surface area contributed by atoms with E-state index in [0.717, 1.165) is 6.54 Å². The molecule has 1 nitrogen and oxygen atoms in total. The second-order valence-corrected chi connectivity index (χ2v) is 6.13. The summed E-state index contributed by atoms with van der Waals surface area (Å²) in [4.78, 5) is 0. The van der Waals surface area contributed by atoms with Gasteiger partial charge < -0.3 is 5.73 Å². The Bertz CT molecular complexity index is 277. The zero-order chi connectivity index (χ0) is 15.8. The lowest BCUT2D eigenvalue weighted by Crippen LogP contribution is -1.97. The molecule has 0 heterocycles. The summed E-state index contributed by atoms with van der Waals surface area (Å²) >= 11 is 0. The molecule has 0 fully saturated rings. The Balaban J connectivity index is 0. The van der Waals surface area contributed by atoms with Crippen molar-refractivity contribution in [1.82, 2.24) is 0 Å². The third kappa shape index (κ3) is 17.7. The van der Waals surface area contributed by atoms with E-state index >= 15 is 0 Å². The smallest absolute Gasteiger partial charge is 0.00773 e. The number of unbranched alkanes of at least 4 members (excludes halogenated alkanes) is 9. The van der Waals surface area contributed by atoms with Gasteiger partial charge in [-0.2, -0.15) is 0 Å². The number of aryl methyl sites for hydroxylation is 2. The van der Waals surface area contributed by atoms with Crippen molar-refractivity contribution >= 4 is 17.0 Å². The fraction of sp³-hybridized carbons (Fsp3) is 0.700. The first-order valence-electron chi connectivity index (χ1n) is 8.94. The number of rotatable bonds is 10. The van der Waals surface area contributed by atoms with Crippen LogP contribution in [-0.4, -0.2) is 6.54 Å². The third-order valence-electron chi connectivity index (χ3n) is 3.78. The first kappa shape index (κ1) is 23.9. The Morgan fingerprint density at radius 1 is 0.636 bits per heavy atom. The summed E-state index contributed by atoms with van der Waals surface area (Å²) in [6.07, 6.45) is 13.9. The monoisotopic (exact) mass is 371 g/mol. The molecule has 0 spiro atoms. The lowest BCUT2D eigenvalue weighted by Gasteiger charge is -2.00. The van der Waals surface area contributed by atoms with E-state index in [2.05, 4.69) is 45.0 Å². The molecule has 0 atom stereocenters. The summed E-state index contributed by atoms with van der Waals surface area (Å²) in [5.41, 5.74) is 8.08. The van der Waals surface area contributed by atoms with Gasteiger partial charge in [-0.05, 0) is 26.8 Å². The molecule has 0 radical (unpaired) electrons. The zero-order valence-corrected chi connectivity index (χ0v) is 16.8. The third-order valence-corrected chi connectivity index (χ3v) is 3.78. The van der Waals surface area contributed by atoms with Crippen molar-refractivity contribution in [3.63, 3.8) is 0 Å². The van der Waals surface area contributed by atoms with Gasteiger partial charge in [0.15, 0.2) is 0 Å². The second kappa shape index (κ2) is 18.7. The summed E-state index contributed by atoms with van der Waals surface area (Å²) in [5.74, 6) is 0. The normalized spacial score (nSPS) is 9.64. The summed E-state index contributed by atoms with van der Waals surface area (Å²) in [5, 5.41) is 0.